The highest BCUT2D eigenvalue weighted by Crippen LogP contribution is 2.30. The van der Waals surface area contributed by atoms with Gasteiger partial charge in [-0.3, -0.25) is 0 Å². The molecule has 1 rings (SSSR count). The lowest BCUT2D eigenvalue weighted by molar-refractivity contribution is 1.35. The molecule has 0 N–H and O–H groups in total. The highest BCUT2D eigenvalue weighted by atomic mass is 28.4. The van der Waals surface area contributed by atoms with Gasteiger partial charge in [0.1, 0.15) is 16.5 Å². The van der Waals surface area contributed by atoms with Crippen LogP contribution in [0.5, 0.6) is 0 Å². The Kier molecular flexibility index (Phi) is 4.28. The molecule has 100 valence electrons. The van der Waals surface area contributed by atoms with Crippen LogP contribution in [0.2, 0.25) is 39.3 Å². The lowest BCUT2D eigenvalue weighted by atomic mass is 10.1. The number of allylic oxidation sites excluding steroid dienone is 1. The number of hydrogen-bond acceptors (Lipinski definition) is 1. The van der Waals surface area contributed by atoms with Crippen LogP contribution in [0.4, 0.5) is 5.69 Å². The Labute approximate surface area is 115 Å². The van der Waals surface area contributed by atoms with Crippen molar-refractivity contribution in [3.63, 3.8) is 0 Å². The van der Waals surface area contributed by atoms with Crippen molar-refractivity contribution in [2.75, 3.05) is 4.23 Å². The van der Waals surface area contributed by atoms with E-state index >= 15 is 0 Å². The van der Waals surface area contributed by atoms with Crippen LogP contribution >= 0.6 is 0 Å². The first-order chi connectivity index (χ1) is 8.03. The molecule has 0 radical (unpaired) electrons. The molecule has 0 fully saturated rings. The van der Waals surface area contributed by atoms with Crippen LogP contribution in [0.15, 0.2) is 30.8 Å². The van der Waals surface area contributed by atoms with Crippen LogP contribution < -0.4 is 4.23 Å². The van der Waals surface area contributed by atoms with Crippen LogP contribution in [-0.2, 0) is 0 Å². The average Bonchev–Trinajstić information content (AvgIpc) is 2.13. The van der Waals surface area contributed by atoms with Crippen molar-refractivity contribution in [2.24, 2.45) is 0 Å². The second-order valence-electron chi connectivity index (χ2n) is 7.01. The van der Waals surface area contributed by atoms with Crippen molar-refractivity contribution in [3.05, 3.63) is 36.4 Å². The number of anilines is 1. The maximum atomic E-state index is 4.05. The minimum absolute atomic E-state index is 1.14. The van der Waals surface area contributed by atoms with Gasteiger partial charge in [0.05, 0.1) is 0 Å². The van der Waals surface area contributed by atoms with Crippen LogP contribution in [0, 0.1) is 0 Å². The van der Waals surface area contributed by atoms with Gasteiger partial charge >= 0.3 is 0 Å². The fourth-order valence-electron chi connectivity index (χ4n) is 2.69. The molecule has 1 aromatic rings. The van der Waals surface area contributed by atoms with E-state index in [0.29, 0.717) is 0 Å². The third kappa shape index (κ3) is 3.59. The Morgan fingerprint density at radius 1 is 1.00 bits per heavy atom. The zero-order valence-electron chi connectivity index (χ0n) is 13.0. The summed E-state index contributed by atoms with van der Waals surface area (Å²) in [7, 11) is -2.71. The van der Waals surface area contributed by atoms with Gasteiger partial charge in [-0.2, -0.15) is 0 Å². The van der Waals surface area contributed by atoms with Crippen LogP contribution in [-0.4, -0.2) is 16.5 Å². The van der Waals surface area contributed by atoms with Crippen LogP contribution in [0.3, 0.4) is 0 Å². The van der Waals surface area contributed by atoms with E-state index in [2.05, 4.69) is 81.3 Å². The summed E-state index contributed by atoms with van der Waals surface area (Å²) in [4.78, 5) is 0. The van der Waals surface area contributed by atoms with Crippen molar-refractivity contribution in [1.82, 2.24) is 0 Å². The summed E-state index contributed by atoms with van der Waals surface area (Å²) < 4.78 is 2.74. The second-order valence-corrected chi connectivity index (χ2v) is 17.0. The quantitative estimate of drug-likeness (QED) is 0.684. The lowest BCUT2D eigenvalue weighted by Gasteiger charge is -2.46. The Hall–Kier alpha value is -0.806. The predicted molar refractivity (Wildman–Crippen MR) is 90.3 cm³/mol. The van der Waals surface area contributed by atoms with E-state index in [-0.39, 0.29) is 0 Å². The zero-order chi connectivity index (χ0) is 14.1. The van der Waals surface area contributed by atoms with E-state index in [4.69, 9.17) is 0 Å². The van der Waals surface area contributed by atoms with Crippen molar-refractivity contribution in [2.45, 2.75) is 46.2 Å². The summed E-state index contributed by atoms with van der Waals surface area (Å²) in [6.45, 7) is 20.7. The molecule has 0 unspecified atom stereocenters. The maximum Gasteiger partial charge on any atom is 0.138 e. The van der Waals surface area contributed by atoms with E-state index in [1.54, 1.807) is 0 Å². The topological polar surface area (TPSA) is 3.24 Å². The highest BCUT2D eigenvalue weighted by molar-refractivity contribution is 6.99. The molecule has 3 heteroatoms. The molecule has 0 saturated heterocycles. The van der Waals surface area contributed by atoms with E-state index in [9.17, 15) is 0 Å². The molecule has 0 aliphatic heterocycles. The Balaban J connectivity index is 3.31. The Morgan fingerprint density at radius 3 is 1.89 bits per heavy atom. The van der Waals surface area contributed by atoms with Gasteiger partial charge in [0, 0.05) is 5.69 Å². The molecule has 0 heterocycles. The standard InChI is InChI=1S/C15H27NSi2/c1-13(2)14-10-9-11-15(12-14)16(17(3,4)5)18(6,7)8/h9-12H,1H2,2-8H3. The molecule has 0 bridgehead atoms. The molecule has 1 nitrogen and oxygen atoms in total. The summed E-state index contributed by atoms with van der Waals surface area (Å²) in [5.74, 6) is 0. The SMILES string of the molecule is C=C(C)c1cccc(N([Si](C)(C)C)[Si](C)(C)C)c1. The fraction of sp³-hybridized carbons (Fsp3) is 0.467. The van der Waals surface area contributed by atoms with Crippen molar-refractivity contribution >= 4 is 27.7 Å². The zero-order valence-corrected chi connectivity index (χ0v) is 15.0. The molecule has 0 atom stereocenters. The minimum atomic E-state index is -1.36. The molecule has 0 aliphatic carbocycles. The molecular formula is C15H27NSi2. The largest absolute Gasteiger partial charge is 0.425 e. The van der Waals surface area contributed by atoms with E-state index in [1.807, 2.05) is 0 Å². The van der Waals surface area contributed by atoms with Crippen molar-refractivity contribution in [1.29, 1.82) is 0 Å². The van der Waals surface area contributed by atoms with Crippen molar-refractivity contribution < 1.29 is 0 Å². The number of nitrogens with zero attached hydrogens (tertiary/aromatic N) is 1. The highest BCUT2D eigenvalue weighted by Gasteiger charge is 2.34. The molecule has 0 aromatic heterocycles. The molecule has 0 aliphatic rings. The summed E-state index contributed by atoms with van der Waals surface area (Å²) in [6, 6.07) is 8.87. The van der Waals surface area contributed by atoms with Crippen molar-refractivity contribution in [3.8, 4) is 0 Å². The monoisotopic (exact) mass is 277 g/mol. The third-order valence-electron chi connectivity index (χ3n) is 2.94. The lowest BCUT2D eigenvalue weighted by Crippen LogP contribution is -2.59. The minimum Gasteiger partial charge on any atom is -0.425 e. The molecule has 1 aromatic carbocycles. The molecule has 0 saturated carbocycles. The second kappa shape index (κ2) is 5.06. The van der Waals surface area contributed by atoms with E-state index in [1.165, 1.54) is 11.3 Å². The summed E-state index contributed by atoms with van der Waals surface area (Å²) in [6.07, 6.45) is 0. The Morgan fingerprint density at radius 2 is 1.50 bits per heavy atom. The molecule has 0 spiro atoms. The maximum absolute atomic E-state index is 4.05. The number of rotatable bonds is 4. The summed E-state index contributed by atoms with van der Waals surface area (Å²) in [5, 5.41) is 0. The van der Waals surface area contributed by atoms with Gasteiger partial charge < -0.3 is 4.23 Å². The van der Waals surface area contributed by atoms with Gasteiger partial charge in [-0.1, -0.05) is 63.6 Å². The first-order valence-electron chi connectivity index (χ1n) is 6.60. The van der Waals surface area contributed by atoms with E-state index < -0.39 is 16.5 Å². The summed E-state index contributed by atoms with van der Waals surface area (Å²) >= 11 is 0. The van der Waals surface area contributed by atoms with Gasteiger partial charge in [-0.25, -0.2) is 0 Å². The first-order valence-corrected chi connectivity index (χ1v) is 13.5. The number of hydrogen-bond donors (Lipinski definition) is 0. The summed E-state index contributed by atoms with van der Waals surface area (Å²) in [5.41, 5.74) is 3.78. The normalized spacial score (nSPS) is 12.4. The van der Waals surface area contributed by atoms with Gasteiger partial charge in [0.25, 0.3) is 0 Å². The molecular weight excluding hydrogens is 250 g/mol. The van der Waals surface area contributed by atoms with Crippen LogP contribution in [0.25, 0.3) is 5.57 Å². The average molecular weight is 278 g/mol. The fourth-order valence-corrected chi connectivity index (χ4v) is 12.6. The first kappa shape index (κ1) is 15.3. The van der Waals surface area contributed by atoms with Gasteiger partial charge in [-0.15, -0.1) is 0 Å². The molecule has 18 heavy (non-hydrogen) atoms. The van der Waals surface area contributed by atoms with Crippen LogP contribution in [0.1, 0.15) is 12.5 Å². The van der Waals surface area contributed by atoms with Gasteiger partial charge in [-0.05, 0) is 24.6 Å². The predicted octanol–water partition coefficient (Wildman–Crippen LogP) is 5.20. The third-order valence-corrected chi connectivity index (χ3v) is 10.2. The molecule has 0 amide bonds. The smallest absolute Gasteiger partial charge is 0.138 e. The number of benzene rings is 1. The van der Waals surface area contributed by atoms with E-state index in [0.717, 1.165) is 5.57 Å². The van der Waals surface area contributed by atoms with Gasteiger partial charge in [0.15, 0.2) is 0 Å². The van der Waals surface area contributed by atoms with Gasteiger partial charge in [0.2, 0.25) is 0 Å². The Bertz CT molecular complexity index is 425.